The SMILES string of the molecule is Cc1cc(NC(=O)c2cc(Br)ccc2Br)cc(C)c1Br. The minimum Gasteiger partial charge on any atom is -0.322 e. The van der Waals surface area contributed by atoms with Crippen molar-refractivity contribution >= 4 is 59.4 Å². The first-order chi connectivity index (χ1) is 9.38. The highest BCUT2D eigenvalue weighted by molar-refractivity contribution is 9.11. The Morgan fingerprint density at radius 1 is 1.00 bits per heavy atom. The normalized spacial score (nSPS) is 10.4. The van der Waals surface area contributed by atoms with Gasteiger partial charge in [-0.2, -0.15) is 0 Å². The van der Waals surface area contributed by atoms with Gasteiger partial charge in [-0.25, -0.2) is 0 Å². The second-order valence-corrected chi connectivity index (χ2v) is 7.07. The lowest BCUT2D eigenvalue weighted by molar-refractivity contribution is 0.102. The highest BCUT2D eigenvalue weighted by Gasteiger charge is 2.12. The number of carbonyl (C=O) groups is 1. The summed E-state index contributed by atoms with van der Waals surface area (Å²) in [5.41, 5.74) is 3.57. The van der Waals surface area contributed by atoms with Crippen LogP contribution in [0.1, 0.15) is 21.5 Å². The van der Waals surface area contributed by atoms with E-state index in [2.05, 4.69) is 53.1 Å². The van der Waals surface area contributed by atoms with Crippen molar-refractivity contribution < 1.29 is 4.79 Å². The monoisotopic (exact) mass is 459 g/mol. The molecule has 0 fully saturated rings. The maximum absolute atomic E-state index is 12.3. The maximum atomic E-state index is 12.3. The third kappa shape index (κ3) is 3.51. The van der Waals surface area contributed by atoms with Gasteiger partial charge in [0.2, 0.25) is 0 Å². The molecular weight excluding hydrogens is 450 g/mol. The number of hydrogen-bond acceptors (Lipinski definition) is 1. The topological polar surface area (TPSA) is 29.1 Å². The van der Waals surface area contributed by atoms with Gasteiger partial charge in [-0.3, -0.25) is 4.79 Å². The third-order valence-electron chi connectivity index (χ3n) is 2.87. The van der Waals surface area contributed by atoms with Crippen LogP contribution in [-0.4, -0.2) is 5.91 Å². The molecule has 0 bridgehead atoms. The predicted molar refractivity (Wildman–Crippen MR) is 93.4 cm³/mol. The Hall–Kier alpha value is -0.650. The largest absolute Gasteiger partial charge is 0.322 e. The van der Waals surface area contributed by atoms with Gasteiger partial charge in [0.05, 0.1) is 5.56 Å². The van der Waals surface area contributed by atoms with Crippen LogP contribution in [0.5, 0.6) is 0 Å². The lowest BCUT2D eigenvalue weighted by Crippen LogP contribution is -2.13. The van der Waals surface area contributed by atoms with E-state index in [9.17, 15) is 4.79 Å². The van der Waals surface area contributed by atoms with Crippen molar-refractivity contribution in [1.29, 1.82) is 0 Å². The summed E-state index contributed by atoms with van der Waals surface area (Å²) in [5.74, 6) is -0.140. The van der Waals surface area contributed by atoms with Crippen LogP contribution in [0.4, 0.5) is 5.69 Å². The summed E-state index contributed by atoms with van der Waals surface area (Å²) in [6.45, 7) is 4.00. The zero-order valence-electron chi connectivity index (χ0n) is 10.9. The van der Waals surface area contributed by atoms with Crippen LogP contribution in [0.2, 0.25) is 0 Å². The Morgan fingerprint density at radius 3 is 2.20 bits per heavy atom. The first kappa shape index (κ1) is 15.7. The molecule has 2 rings (SSSR count). The van der Waals surface area contributed by atoms with E-state index in [1.165, 1.54) is 0 Å². The fraction of sp³-hybridized carbons (Fsp3) is 0.133. The standard InChI is InChI=1S/C15H12Br3NO/c1-8-5-11(6-9(2)14(8)18)19-15(20)12-7-10(16)3-4-13(12)17/h3-7H,1-2H3,(H,19,20). The van der Waals surface area contributed by atoms with Crippen molar-refractivity contribution in [2.45, 2.75) is 13.8 Å². The number of halogens is 3. The molecule has 0 saturated carbocycles. The molecule has 0 saturated heterocycles. The van der Waals surface area contributed by atoms with Gasteiger partial charge in [0.25, 0.3) is 5.91 Å². The van der Waals surface area contributed by atoms with E-state index >= 15 is 0 Å². The first-order valence-electron chi connectivity index (χ1n) is 5.91. The molecule has 0 heterocycles. The molecule has 0 aliphatic carbocycles. The van der Waals surface area contributed by atoms with Crippen molar-refractivity contribution in [3.05, 3.63) is 60.4 Å². The molecule has 0 aromatic heterocycles. The molecule has 2 nitrogen and oxygen atoms in total. The molecule has 0 atom stereocenters. The summed E-state index contributed by atoms with van der Waals surface area (Å²) >= 11 is 10.3. The fourth-order valence-corrected chi connectivity index (χ4v) is 2.90. The maximum Gasteiger partial charge on any atom is 0.256 e. The van der Waals surface area contributed by atoms with Gasteiger partial charge in [-0.1, -0.05) is 31.9 Å². The molecule has 0 unspecified atom stereocenters. The van der Waals surface area contributed by atoms with E-state index in [0.717, 1.165) is 30.2 Å². The van der Waals surface area contributed by atoms with Crippen molar-refractivity contribution in [2.75, 3.05) is 5.32 Å². The smallest absolute Gasteiger partial charge is 0.256 e. The second-order valence-electron chi connectivity index (χ2n) is 4.50. The molecule has 1 N–H and O–H groups in total. The molecule has 20 heavy (non-hydrogen) atoms. The van der Waals surface area contributed by atoms with Gasteiger partial charge >= 0.3 is 0 Å². The predicted octanol–water partition coefficient (Wildman–Crippen LogP) is 5.84. The summed E-state index contributed by atoms with van der Waals surface area (Å²) in [4.78, 5) is 12.3. The Kier molecular flexibility index (Phi) is 5.04. The van der Waals surface area contributed by atoms with Crippen LogP contribution < -0.4 is 5.32 Å². The van der Waals surface area contributed by atoms with Crippen LogP contribution in [0.3, 0.4) is 0 Å². The van der Waals surface area contributed by atoms with E-state index in [4.69, 9.17) is 0 Å². The number of aryl methyl sites for hydroxylation is 2. The van der Waals surface area contributed by atoms with Crippen LogP contribution in [-0.2, 0) is 0 Å². The highest BCUT2D eigenvalue weighted by Crippen LogP contribution is 2.26. The first-order valence-corrected chi connectivity index (χ1v) is 8.29. The van der Waals surface area contributed by atoms with Gasteiger partial charge in [-0.15, -0.1) is 0 Å². The van der Waals surface area contributed by atoms with Gasteiger partial charge in [0.15, 0.2) is 0 Å². The van der Waals surface area contributed by atoms with Gasteiger partial charge in [0, 0.05) is 19.1 Å². The summed E-state index contributed by atoms with van der Waals surface area (Å²) in [6, 6.07) is 9.41. The number of benzene rings is 2. The number of rotatable bonds is 2. The lowest BCUT2D eigenvalue weighted by Gasteiger charge is -2.11. The van der Waals surface area contributed by atoms with E-state index in [1.807, 2.05) is 38.1 Å². The summed E-state index contributed by atoms with van der Waals surface area (Å²) < 4.78 is 2.71. The Labute approximate surface area is 143 Å². The Balaban J connectivity index is 2.30. The minimum atomic E-state index is -0.140. The number of hydrogen-bond donors (Lipinski definition) is 1. The average Bonchev–Trinajstić information content (AvgIpc) is 2.38. The zero-order valence-corrected chi connectivity index (χ0v) is 15.7. The molecule has 0 aliphatic rings. The van der Waals surface area contributed by atoms with Crippen LogP contribution in [0.15, 0.2) is 43.7 Å². The molecular formula is C15H12Br3NO. The summed E-state index contributed by atoms with van der Waals surface area (Å²) in [6.07, 6.45) is 0. The van der Waals surface area contributed by atoms with E-state index < -0.39 is 0 Å². The van der Waals surface area contributed by atoms with Crippen molar-refractivity contribution in [1.82, 2.24) is 0 Å². The molecule has 0 radical (unpaired) electrons. The molecule has 2 aromatic rings. The van der Waals surface area contributed by atoms with Gasteiger partial charge < -0.3 is 5.32 Å². The van der Waals surface area contributed by atoms with Crippen molar-refractivity contribution in [2.24, 2.45) is 0 Å². The molecule has 0 aliphatic heterocycles. The summed E-state index contributed by atoms with van der Waals surface area (Å²) in [5, 5.41) is 2.92. The zero-order chi connectivity index (χ0) is 14.9. The second kappa shape index (κ2) is 6.41. The van der Waals surface area contributed by atoms with Crippen LogP contribution >= 0.6 is 47.8 Å². The van der Waals surface area contributed by atoms with E-state index in [1.54, 1.807) is 6.07 Å². The lowest BCUT2D eigenvalue weighted by atomic mass is 10.1. The average molecular weight is 462 g/mol. The molecule has 0 spiro atoms. The Bertz CT molecular complexity index is 660. The van der Waals surface area contributed by atoms with Crippen LogP contribution in [0.25, 0.3) is 0 Å². The van der Waals surface area contributed by atoms with Crippen molar-refractivity contribution in [3.8, 4) is 0 Å². The molecule has 1 amide bonds. The number of amides is 1. The third-order valence-corrected chi connectivity index (χ3v) is 5.30. The van der Waals surface area contributed by atoms with E-state index in [0.29, 0.717) is 5.56 Å². The fourth-order valence-electron chi connectivity index (χ4n) is 1.89. The quantitative estimate of drug-likeness (QED) is 0.597. The minimum absolute atomic E-state index is 0.140. The number of anilines is 1. The van der Waals surface area contributed by atoms with Gasteiger partial charge in [-0.05, 0) is 71.2 Å². The summed E-state index contributed by atoms with van der Waals surface area (Å²) in [7, 11) is 0. The number of nitrogens with one attached hydrogen (secondary N) is 1. The Morgan fingerprint density at radius 2 is 1.60 bits per heavy atom. The van der Waals surface area contributed by atoms with Crippen LogP contribution in [0, 0.1) is 13.8 Å². The highest BCUT2D eigenvalue weighted by atomic mass is 79.9. The molecule has 2 aromatic carbocycles. The van der Waals surface area contributed by atoms with E-state index in [-0.39, 0.29) is 5.91 Å². The van der Waals surface area contributed by atoms with Crippen molar-refractivity contribution in [3.63, 3.8) is 0 Å². The van der Waals surface area contributed by atoms with Gasteiger partial charge in [0.1, 0.15) is 0 Å². The number of carbonyl (C=O) groups excluding carboxylic acids is 1. The molecule has 104 valence electrons. The molecule has 5 heteroatoms.